The van der Waals surface area contributed by atoms with Gasteiger partial charge in [0.1, 0.15) is 6.61 Å². The van der Waals surface area contributed by atoms with Crippen LogP contribution < -0.4 is 14.8 Å². The van der Waals surface area contributed by atoms with Gasteiger partial charge >= 0.3 is 5.97 Å². The summed E-state index contributed by atoms with van der Waals surface area (Å²) in [4.78, 5) is 34.4. The van der Waals surface area contributed by atoms with E-state index in [0.29, 0.717) is 18.7 Å². The monoisotopic (exact) mass is 609 g/mol. The third-order valence-corrected chi connectivity index (χ3v) is 8.54. The maximum Gasteiger partial charge on any atom is 0.335 e. The molecule has 0 spiro atoms. The van der Waals surface area contributed by atoms with Crippen LogP contribution in [-0.2, 0) is 14.8 Å². The summed E-state index contributed by atoms with van der Waals surface area (Å²) in [7, 11) is -2.45. The van der Waals surface area contributed by atoms with Crippen molar-refractivity contribution in [3.8, 4) is 17.1 Å². The molecule has 3 N–H and O–H groups in total. The summed E-state index contributed by atoms with van der Waals surface area (Å²) in [6.45, 7) is 11.1. The number of hydrogen-bond acceptors (Lipinski definition) is 8. The highest BCUT2D eigenvalue weighted by atomic mass is 32.2. The number of carbonyl (C=O) groups excluding carboxylic acids is 1. The second kappa shape index (κ2) is 12.7. The molecule has 230 valence electrons. The second-order valence-corrected chi connectivity index (χ2v) is 13.8. The van der Waals surface area contributed by atoms with Crippen LogP contribution in [0.3, 0.4) is 0 Å². The Labute approximate surface area is 252 Å². The number of carboxylic acids is 1. The number of nitrogens with one attached hydrogen (secondary N) is 2. The zero-order chi connectivity index (χ0) is 31.5. The van der Waals surface area contributed by atoms with Gasteiger partial charge in [0.15, 0.2) is 0 Å². The van der Waals surface area contributed by atoms with E-state index in [9.17, 15) is 23.1 Å². The van der Waals surface area contributed by atoms with Crippen LogP contribution in [0.1, 0.15) is 55.1 Å². The van der Waals surface area contributed by atoms with Crippen molar-refractivity contribution in [3.63, 3.8) is 0 Å². The van der Waals surface area contributed by atoms with Gasteiger partial charge in [0, 0.05) is 31.3 Å². The van der Waals surface area contributed by atoms with Crippen molar-refractivity contribution in [2.75, 3.05) is 24.9 Å². The van der Waals surface area contributed by atoms with Gasteiger partial charge in [-0.1, -0.05) is 45.0 Å². The lowest BCUT2D eigenvalue weighted by atomic mass is 9.88. The average Bonchev–Trinajstić information content (AvgIpc) is 3.22. The van der Waals surface area contributed by atoms with Crippen LogP contribution in [0.25, 0.3) is 11.3 Å². The topological polar surface area (TPSA) is 151 Å². The third kappa shape index (κ3) is 8.08. The number of nitrogens with zero attached hydrogens (tertiary/aromatic N) is 3. The minimum atomic E-state index is -4.24. The number of carboxylic acid groups (broad SMARTS) is 1. The molecular formula is C31H39N5O6S. The van der Waals surface area contributed by atoms with Gasteiger partial charge in [-0.2, -0.15) is 4.98 Å². The van der Waals surface area contributed by atoms with E-state index < -0.39 is 16.0 Å². The van der Waals surface area contributed by atoms with Gasteiger partial charge in [0.05, 0.1) is 22.2 Å². The Morgan fingerprint density at radius 1 is 1.12 bits per heavy atom. The fraction of sp³-hybridized carbons (Fsp3) is 0.419. The Balaban J connectivity index is 1.68. The highest BCUT2D eigenvalue weighted by Crippen LogP contribution is 2.30. The first-order valence-electron chi connectivity index (χ1n) is 14.1. The zero-order valence-corrected chi connectivity index (χ0v) is 26.2. The van der Waals surface area contributed by atoms with Crippen LogP contribution >= 0.6 is 0 Å². The van der Waals surface area contributed by atoms with Gasteiger partial charge in [-0.15, -0.1) is 0 Å². The molecule has 1 aromatic heterocycles. The molecule has 2 atom stereocenters. The predicted octanol–water partition coefficient (Wildman–Crippen LogP) is 4.26. The van der Waals surface area contributed by atoms with Gasteiger partial charge in [-0.25, -0.2) is 22.9 Å². The first-order valence-corrected chi connectivity index (χ1v) is 15.6. The molecule has 1 amide bonds. The van der Waals surface area contributed by atoms with Crippen molar-refractivity contribution in [2.45, 2.75) is 64.4 Å². The number of likely N-dealkylation sites (N-methyl/N-ethyl adjacent to an activating group) is 1. The van der Waals surface area contributed by atoms with E-state index in [4.69, 9.17) is 4.74 Å². The molecule has 43 heavy (non-hydrogen) atoms. The number of likely N-dealkylation sites (tertiary alicyclic amines) is 1. The number of amides is 1. The van der Waals surface area contributed by atoms with E-state index in [1.807, 2.05) is 32.0 Å². The van der Waals surface area contributed by atoms with Crippen LogP contribution in [0.2, 0.25) is 0 Å². The Morgan fingerprint density at radius 3 is 2.40 bits per heavy atom. The van der Waals surface area contributed by atoms with Gasteiger partial charge in [-0.05, 0) is 61.4 Å². The lowest BCUT2D eigenvalue weighted by Crippen LogP contribution is -2.47. The number of benzene rings is 2. The number of sulfonamides is 1. The summed E-state index contributed by atoms with van der Waals surface area (Å²) >= 11 is 0. The first-order chi connectivity index (χ1) is 20.1. The van der Waals surface area contributed by atoms with Crippen molar-refractivity contribution >= 4 is 27.8 Å². The van der Waals surface area contributed by atoms with Crippen LogP contribution in [0.5, 0.6) is 5.88 Å². The molecule has 3 aromatic rings. The fourth-order valence-corrected chi connectivity index (χ4v) is 6.21. The van der Waals surface area contributed by atoms with Gasteiger partial charge < -0.3 is 14.7 Å². The molecule has 2 aromatic carbocycles. The highest BCUT2D eigenvalue weighted by molar-refractivity contribution is 7.92. The van der Waals surface area contributed by atoms with Crippen LogP contribution in [0, 0.1) is 19.3 Å². The quantitative estimate of drug-likeness (QED) is 0.290. The zero-order valence-electron chi connectivity index (χ0n) is 25.3. The second-order valence-electron chi connectivity index (χ2n) is 12.2. The minimum absolute atomic E-state index is 0.0434. The molecule has 1 saturated heterocycles. The Morgan fingerprint density at radius 2 is 1.79 bits per heavy atom. The average molecular weight is 610 g/mol. The summed E-state index contributed by atoms with van der Waals surface area (Å²) in [5.74, 6) is -1.27. The maximum atomic E-state index is 13.3. The lowest BCUT2D eigenvalue weighted by molar-refractivity contribution is -0.128. The summed E-state index contributed by atoms with van der Waals surface area (Å²) in [6, 6.07) is 12.0. The molecule has 1 fully saturated rings. The maximum absolute atomic E-state index is 13.3. The normalized spacial score (nSPS) is 16.3. The largest absolute Gasteiger partial charge is 0.478 e. The SMILES string of the molecule is Cc1cccc(C)c1-c1cc(OC[C@@H](CC(C)(C)C)NC2CCN(C)C2=O)nc(NS(=O)(=O)c2cccc(C(=O)O)c2)n1. The predicted molar refractivity (Wildman–Crippen MR) is 164 cm³/mol. The Bertz CT molecular complexity index is 1600. The number of rotatable bonds is 11. The summed E-state index contributed by atoms with van der Waals surface area (Å²) in [6.07, 6.45) is 1.42. The molecule has 1 aliphatic rings. The van der Waals surface area contributed by atoms with Crippen molar-refractivity contribution in [1.82, 2.24) is 20.2 Å². The van der Waals surface area contributed by atoms with Crippen molar-refractivity contribution in [1.29, 1.82) is 0 Å². The number of anilines is 1. The van der Waals surface area contributed by atoms with E-state index in [-0.39, 0.29) is 52.3 Å². The molecular weight excluding hydrogens is 570 g/mol. The van der Waals surface area contributed by atoms with Gasteiger partial charge in [0.2, 0.25) is 17.7 Å². The number of aromatic carboxylic acids is 1. The number of carbonyl (C=O) groups is 2. The molecule has 1 aliphatic heterocycles. The van der Waals surface area contributed by atoms with Gasteiger partial charge in [-0.3, -0.25) is 10.1 Å². The molecule has 0 saturated carbocycles. The lowest BCUT2D eigenvalue weighted by Gasteiger charge is -2.28. The molecule has 11 nitrogen and oxygen atoms in total. The van der Waals surface area contributed by atoms with E-state index in [1.165, 1.54) is 18.2 Å². The Hall–Kier alpha value is -4.03. The molecule has 12 heteroatoms. The molecule has 1 unspecified atom stereocenters. The molecule has 4 rings (SSSR count). The van der Waals surface area contributed by atoms with E-state index >= 15 is 0 Å². The van der Waals surface area contributed by atoms with Crippen LogP contribution in [-0.4, -0.2) is 72.6 Å². The summed E-state index contributed by atoms with van der Waals surface area (Å²) in [5.41, 5.74) is 2.92. The minimum Gasteiger partial charge on any atom is -0.478 e. The first kappa shape index (κ1) is 31.9. The third-order valence-electron chi connectivity index (χ3n) is 7.21. The standard InChI is InChI=1S/C31H39N5O6S/c1-19-9-7-10-20(2)27(19)25-16-26(42-18-22(17-31(3,4)5)32-24-13-14-36(6)28(24)37)34-30(33-25)35-43(40,41)23-12-8-11-21(15-23)29(38)39/h7-12,15-16,22,24,32H,13-14,17-18H2,1-6H3,(H,38,39)(H,33,34,35)/t22-,24?/m1/s1. The van der Waals surface area contributed by atoms with Crippen molar-refractivity contribution in [3.05, 3.63) is 65.2 Å². The number of aryl methyl sites for hydroxylation is 2. The van der Waals surface area contributed by atoms with E-state index in [0.717, 1.165) is 29.2 Å². The van der Waals surface area contributed by atoms with Crippen molar-refractivity contribution < 1.29 is 27.9 Å². The molecule has 0 bridgehead atoms. The number of hydrogen-bond donors (Lipinski definition) is 3. The smallest absolute Gasteiger partial charge is 0.335 e. The van der Waals surface area contributed by atoms with Crippen molar-refractivity contribution in [2.24, 2.45) is 5.41 Å². The van der Waals surface area contributed by atoms with Gasteiger partial charge in [0.25, 0.3) is 10.0 Å². The summed E-state index contributed by atoms with van der Waals surface area (Å²) < 4.78 is 35.1. The van der Waals surface area contributed by atoms with Crippen LogP contribution in [0.4, 0.5) is 5.95 Å². The van der Waals surface area contributed by atoms with E-state index in [1.54, 1.807) is 18.0 Å². The number of aromatic nitrogens is 2. The fourth-order valence-electron chi connectivity index (χ4n) is 5.22. The molecule has 0 aliphatic carbocycles. The number of ether oxygens (including phenoxy) is 1. The Kier molecular flexibility index (Phi) is 9.41. The van der Waals surface area contributed by atoms with Crippen LogP contribution in [0.15, 0.2) is 53.4 Å². The molecule has 0 radical (unpaired) electrons. The van der Waals surface area contributed by atoms with E-state index in [2.05, 4.69) is 40.8 Å². The molecule has 2 heterocycles. The summed E-state index contributed by atoms with van der Waals surface area (Å²) in [5, 5.41) is 12.8. The highest BCUT2D eigenvalue weighted by Gasteiger charge is 2.32.